The Morgan fingerprint density at radius 2 is 1.79 bits per heavy atom. The molecule has 0 fully saturated rings. The van der Waals surface area contributed by atoms with E-state index in [0.717, 1.165) is 16.9 Å². The molecule has 7 nitrogen and oxygen atoms in total. The molecule has 2 N–H and O–H groups in total. The standard InChI is InChI=1S/C21H21N3O4/c1-27-15-9-7-13(8-10-15)19-18-16(22-21(26)23-19)12-24(20(18)25)11-14-5-3-4-6-17(14)28-2/h3-10,19H,11-12H2,1-2H3,(H2,22,23,26). The fourth-order valence-corrected chi connectivity index (χ4v) is 3.64. The van der Waals surface area contributed by atoms with E-state index in [0.29, 0.717) is 30.1 Å². The highest BCUT2D eigenvalue weighted by molar-refractivity contribution is 6.01. The van der Waals surface area contributed by atoms with Gasteiger partial charge in [0.2, 0.25) is 0 Å². The summed E-state index contributed by atoms with van der Waals surface area (Å²) in [6, 6.07) is 14.1. The van der Waals surface area contributed by atoms with Crippen LogP contribution in [0.4, 0.5) is 4.79 Å². The molecule has 0 spiro atoms. The van der Waals surface area contributed by atoms with Crippen molar-refractivity contribution < 1.29 is 19.1 Å². The number of methoxy groups -OCH3 is 2. The first-order valence-corrected chi connectivity index (χ1v) is 8.96. The Kier molecular flexibility index (Phi) is 4.65. The molecule has 1 unspecified atom stereocenters. The third-order valence-electron chi connectivity index (χ3n) is 5.02. The summed E-state index contributed by atoms with van der Waals surface area (Å²) in [5, 5.41) is 5.64. The molecule has 0 aromatic heterocycles. The van der Waals surface area contributed by atoms with Crippen molar-refractivity contribution >= 4 is 11.9 Å². The molecule has 2 aromatic carbocycles. The Labute approximate surface area is 162 Å². The van der Waals surface area contributed by atoms with Crippen molar-refractivity contribution in [2.45, 2.75) is 12.6 Å². The highest BCUT2D eigenvalue weighted by atomic mass is 16.5. The van der Waals surface area contributed by atoms with Crippen LogP contribution >= 0.6 is 0 Å². The zero-order chi connectivity index (χ0) is 19.7. The van der Waals surface area contributed by atoms with Crippen molar-refractivity contribution in [2.75, 3.05) is 20.8 Å². The van der Waals surface area contributed by atoms with E-state index in [1.807, 2.05) is 48.5 Å². The van der Waals surface area contributed by atoms with Crippen molar-refractivity contribution in [2.24, 2.45) is 0 Å². The number of amides is 3. The Balaban J connectivity index is 1.61. The second kappa shape index (κ2) is 7.26. The molecule has 4 rings (SSSR count). The Morgan fingerprint density at radius 3 is 2.50 bits per heavy atom. The number of ether oxygens (including phenoxy) is 2. The third-order valence-corrected chi connectivity index (χ3v) is 5.02. The first-order chi connectivity index (χ1) is 13.6. The lowest BCUT2D eigenvalue weighted by atomic mass is 9.96. The first kappa shape index (κ1) is 17.9. The van der Waals surface area contributed by atoms with E-state index < -0.39 is 6.04 Å². The molecule has 0 saturated carbocycles. The van der Waals surface area contributed by atoms with Gasteiger partial charge in [0.1, 0.15) is 11.5 Å². The van der Waals surface area contributed by atoms with Crippen molar-refractivity contribution in [3.8, 4) is 11.5 Å². The van der Waals surface area contributed by atoms with E-state index in [1.54, 1.807) is 19.1 Å². The number of urea groups is 1. The van der Waals surface area contributed by atoms with Gasteiger partial charge in [-0.2, -0.15) is 0 Å². The summed E-state index contributed by atoms with van der Waals surface area (Å²) >= 11 is 0. The van der Waals surface area contributed by atoms with Crippen LogP contribution in [0.25, 0.3) is 0 Å². The fourth-order valence-electron chi connectivity index (χ4n) is 3.64. The normalized spacial score (nSPS) is 18.5. The highest BCUT2D eigenvalue weighted by Gasteiger charge is 2.40. The van der Waals surface area contributed by atoms with Crippen LogP contribution in [-0.4, -0.2) is 37.6 Å². The lowest BCUT2D eigenvalue weighted by Gasteiger charge is -2.25. The number of hydrogen-bond acceptors (Lipinski definition) is 4. The molecule has 0 aliphatic carbocycles. The van der Waals surface area contributed by atoms with Crippen molar-refractivity contribution in [1.82, 2.24) is 15.5 Å². The average molecular weight is 379 g/mol. The fraction of sp³-hybridized carbons (Fsp3) is 0.238. The van der Waals surface area contributed by atoms with E-state index in [4.69, 9.17) is 9.47 Å². The van der Waals surface area contributed by atoms with Gasteiger partial charge < -0.3 is 25.0 Å². The van der Waals surface area contributed by atoms with Crippen molar-refractivity contribution in [1.29, 1.82) is 0 Å². The smallest absolute Gasteiger partial charge is 0.319 e. The van der Waals surface area contributed by atoms with E-state index in [9.17, 15) is 9.59 Å². The predicted octanol–water partition coefficient (Wildman–Crippen LogP) is 2.35. The van der Waals surface area contributed by atoms with Crippen LogP contribution < -0.4 is 20.1 Å². The summed E-state index contributed by atoms with van der Waals surface area (Å²) in [4.78, 5) is 27.0. The van der Waals surface area contributed by atoms with Crippen LogP contribution in [0.2, 0.25) is 0 Å². The predicted molar refractivity (Wildman–Crippen MR) is 103 cm³/mol. The number of hydrogen-bond donors (Lipinski definition) is 2. The van der Waals surface area contributed by atoms with Gasteiger partial charge in [0.05, 0.1) is 44.6 Å². The molecule has 1 atom stereocenters. The molecule has 2 heterocycles. The van der Waals surface area contributed by atoms with Gasteiger partial charge in [0.15, 0.2) is 0 Å². The highest BCUT2D eigenvalue weighted by Crippen LogP contribution is 2.34. The van der Waals surface area contributed by atoms with Gasteiger partial charge in [-0.25, -0.2) is 4.79 Å². The van der Waals surface area contributed by atoms with Crippen LogP contribution in [0.3, 0.4) is 0 Å². The molecule has 0 bridgehead atoms. The second-order valence-corrected chi connectivity index (χ2v) is 6.67. The molecular formula is C21H21N3O4. The maximum absolute atomic E-state index is 13.2. The lowest BCUT2D eigenvalue weighted by molar-refractivity contribution is -0.126. The number of para-hydroxylation sites is 1. The van der Waals surface area contributed by atoms with Gasteiger partial charge >= 0.3 is 6.03 Å². The zero-order valence-corrected chi connectivity index (χ0v) is 15.7. The molecule has 144 valence electrons. The number of rotatable bonds is 5. The van der Waals surface area contributed by atoms with Gasteiger partial charge in [-0.3, -0.25) is 4.79 Å². The molecule has 7 heteroatoms. The number of benzene rings is 2. The topological polar surface area (TPSA) is 79.9 Å². The summed E-state index contributed by atoms with van der Waals surface area (Å²) in [7, 11) is 3.20. The minimum Gasteiger partial charge on any atom is -0.497 e. The van der Waals surface area contributed by atoms with Crippen LogP contribution in [0.1, 0.15) is 17.2 Å². The number of carbonyl (C=O) groups excluding carboxylic acids is 2. The molecule has 0 radical (unpaired) electrons. The van der Waals surface area contributed by atoms with Crippen LogP contribution in [0.5, 0.6) is 11.5 Å². The second-order valence-electron chi connectivity index (χ2n) is 6.67. The Hall–Kier alpha value is -3.48. The lowest BCUT2D eigenvalue weighted by Crippen LogP contribution is -2.44. The average Bonchev–Trinajstić information content (AvgIpc) is 3.03. The van der Waals surface area contributed by atoms with Crippen LogP contribution in [0, 0.1) is 0 Å². The summed E-state index contributed by atoms with van der Waals surface area (Å²) in [6.45, 7) is 0.757. The third kappa shape index (κ3) is 3.15. The van der Waals surface area contributed by atoms with Crippen molar-refractivity contribution in [3.63, 3.8) is 0 Å². The van der Waals surface area contributed by atoms with E-state index in [-0.39, 0.29) is 11.9 Å². The quantitative estimate of drug-likeness (QED) is 0.836. The van der Waals surface area contributed by atoms with E-state index in [2.05, 4.69) is 10.6 Å². The number of nitrogens with zero attached hydrogens (tertiary/aromatic N) is 1. The summed E-state index contributed by atoms with van der Waals surface area (Å²) in [5.74, 6) is 1.34. The molecular weight excluding hydrogens is 358 g/mol. The molecule has 2 aliphatic rings. The van der Waals surface area contributed by atoms with Gasteiger partial charge in [-0.1, -0.05) is 30.3 Å². The van der Waals surface area contributed by atoms with Crippen LogP contribution in [0.15, 0.2) is 59.8 Å². The SMILES string of the molecule is COc1ccc(C2NC(=O)NC3=C2C(=O)N(Cc2ccccc2OC)C3)cc1. The van der Waals surface area contributed by atoms with Gasteiger partial charge in [0, 0.05) is 5.56 Å². The van der Waals surface area contributed by atoms with Crippen LogP contribution in [-0.2, 0) is 11.3 Å². The number of nitrogens with one attached hydrogen (secondary N) is 2. The number of carbonyl (C=O) groups is 2. The maximum Gasteiger partial charge on any atom is 0.319 e. The van der Waals surface area contributed by atoms with E-state index in [1.165, 1.54) is 0 Å². The van der Waals surface area contributed by atoms with Gasteiger partial charge in [-0.05, 0) is 23.8 Å². The van der Waals surface area contributed by atoms with Crippen molar-refractivity contribution in [3.05, 3.63) is 70.9 Å². The summed E-state index contributed by atoms with van der Waals surface area (Å²) in [5.41, 5.74) is 2.96. The zero-order valence-electron chi connectivity index (χ0n) is 15.7. The molecule has 2 aliphatic heterocycles. The Bertz CT molecular complexity index is 952. The van der Waals surface area contributed by atoms with Gasteiger partial charge in [-0.15, -0.1) is 0 Å². The summed E-state index contributed by atoms with van der Waals surface area (Å²) < 4.78 is 10.6. The van der Waals surface area contributed by atoms with E-state index >= 15 is 0 Å². The Morgan fingerprint density at radius 1 is 1.04 bits per heavy atom. The molecule has 0 saturated heterocycles. The minimum atomic E-state index is -0.496. The molecule has 2 aromatic rings. The monoisotopic (exact) mass is 379 g/mol. The minimum absolute atomic E-state index is 0.103. The van der Waals surface area contributed by atoms with Gasteiger partial charge in [0.25, 0.3) is 5.91 Å². The first-order valence-electron chi connectivity index (χ1n) is 8.96. The summed E-state index contributed by atoms with van der Waals surface area (Å²) in [6.07, 6.45) is 0. The molecule has 28 heavy (non-hydrogen) atoms. The molecule has 3 amide bonds. The maximum atomic E-state index is 13.2. The largest absolute Gasteiger partial charge is 0.497 e.